The smallest absolute Gasteiger partial charge is 0.164 e. The molecule has 0 aliphatic rings. The Labute approximate surface area is 279 Å². The highest BCUT2D eigenvalue weighted by Crippen LogP contribution is 2.41. The second kappa shape index (κ2) is 10.7. The molecule has 7 aromatic carbocycles. The van der Waals surface area contributed by atoms with Crippen molar-refractivity contribution in [2.75, 3.05) is 0 Å². The van der Waals surface area contributed by atoms with E-state index in [2.05, 4.69) is 121 Å². The molecule has 48 heavy (non-hydrogen) atoms. The molecule has 0 atom stereocenters. The molecular weight excluding hydrogens is 607 g/mol. The molecule has 224 valence electrons. The van der Waals surface area contributed by atoms with Crippen LogP contribution in [0.15, 0.2) is 156 Å². The predicted molar refractivity (Wildman–Crippen MR) is 199 cm³/mol. The van der Waals surface area contributed by atoms with E-state index in [-0.39, 0.29) is 0 Å². The molecule has 10 rings (SSSR count). The molecule has 0 spiro atoms. The molecule has 0 amide bonds. The van der Waals surface area contributed by atoms with Gasteiger partial charge in [-0.1, -0.05) is 127 Å². The zero-order valence-corrected chi connectivity index (χ0v) is 26.4. The lowest BCUT2D eigenvalue weighted by atomic mass is 9.95. The monoisotopic (exact) mass is 631 g/mol. The summed E-state index contributed by atoms with van der Waals surface area (Å²) in [5.41, 5.74) is 6.89. The molecule has 5 heteroatoms. The number of rotatable bonds is 4. The molecular formula is C43H25N3OS. The van der Waals surface area contributed by atoms with E-state index in [0.29, 0.717) is 17.5 Å². The lowest BCUT2D eigenvalue weighted by molar-refractivity contribution is 0.670. The third-order valence-electron chi connectivity index (χ3n) is 9.14. The van der Waals surface area contributed by atoms with Crippen LogP contribution < -0.4 is 0 Å². The second-order valence-corrected chi connectivity index (χ2v) is 13.1. The van der Waals surface area contributed by atoms with E-state index >= 15 is 0 Å². The van der Waals surface area contributed by atoms with E-state index < -0.39 is 0 Å². The van der Waals surface area contributed by atoms with Crippen molar-refractivity contribution < 1.29 is 4.42 Å². The molecule has 3 heterocycles. The van der Waals surface area contributed by atoms with E-state index in [0.717, 1.165) is 60.5 Å². The van der Waals surface area contributed by atoms with Gasteiger partial charge in [0.15, 0.2) is 17.5 Å². The molecule has 0 unspecified atom stereocenters. The minimum Gasteiger partial charge on any atom is -0.455 e. The number of thiophene rings is 1. The first-order chi connectivity index (χ1) is 23.8. The van der Waals surface area contributed by atoms with Crippen LogP contribution in [0.4, 0.5) is 0 Å². The zero-order valence-electron chi connectivity index (χ0n) is 25.6. The summed E-state index contributed by atoms with van der Waals surface area (Å²) < 4.78 is 8.88. The van der Waals surface area contributed by atoms with Gasteiger partial charge in [0.1, 0.15) is 11.2 Å². The Kier molecular flexibility index (Phi) is 6.01. The topological polar surface area (TPSA) is 51.8 Å². The summed E-state index contributed by atoms with van der Waals surface area (Å²) in [5.74, 6) is 1.96. The molecule has 0 radical (unpaired) electrons. The Morgan fingerprint density at radius 1 is 0.417 bits per heavy atom. The Morgan fingerprint density at radius 3 is 2.00 bits per heavy atom. The van der Waals surface area contributed by atoms with E-state index in [4.69, 9.17) is 19.4 Å². The maximum atomic E-state index is 6.42. The van der Waals surface area contributed by atoms with Crippen LogP contribution in [0.2, 0.25) is 0 Å². The molecule has 10 aromatic rings. The first-order valence-electron chi connectivity index (χ1n) is 15.9. The number of hydrogen-bond donors (Lipinski definition) is 0. The first-order valence-corrected chi connectivity index (χ1v) is 16.8. The van der Waals surface area contributed by atoms with Crippen LogP contribution in [-0.4, -0.2) is 15.0 Å². The molecule has 3 aromatic heterocycles. The molecule has 0 bridgehead atoms. The van der Waals surface area contributed by atoms with Gasteiger partial charge in [-0.25, -0.2) is 15.0 Å². The third kappa shape index (κ3) is 4.25. The summed E-state index contributed by atoms with van der Waals surface area (Å²) in [6, 6.07) is 52.6. The Hall–Kier alpha value is -6.17. The van der Waals surface area contributed by atoms with Crippen molar-refractivity contribution >= 4 is 64.2 Å². The van der Waals surface area contributed by atoms with Crippen LogP contribution in [0.1, 0.15) is 0 Å². The van der Waals surface area contributed by atoms with Gasteiger partial charge in [0.25, 0.3) is 0 Å². The first kappa shape index (κ1) is 27.0. The number of fused-ring (bicyclic) bond motifs is 7. The number of hydrogen-bond acceptors (Lipinski definition) is 5. The number of benzene rings is 7. The average molecular weight is 632 g/mol. The zero-order chi connectivity index (χ0) is 31.6. The van der Waals surface area contributed by atoms with E-state index in [1.54, 1.807) is 11.3 Å². The van der Waals surface area contributed by atoms with Crippen LogP contribution in [-0.2, 0) is 0 Å². The Morgan fingerprint density at radius 2 is 1.08 bits per heavy atom. The summed E-state index contributed by atoms with van der Waals surface area (Å²) in [6.45, 7) is 0. The number of nitrogens with zero attached hydrogens (tertiary/aromatic N) is 3. The van der Waals surface area contributed by atoms with Crippen molar-refractivity contribution in [3.05, 3.63) is 152 Å². The van der Waals surface area contributed by atoms with Gasteiger partial charge in [-0.15, -0.1) is 11.3 Å². The predicted octanol–water partition coefficient (Wildman–Crippen LogP) is 12.0. The summed E-state index contributed by atoms with van der Waals surface area (Å²) >= 11 is 1.80. The fourth-order valence-corrected chi connectivity index (χ4v) is 8.05. The number of aromatic nitrogens is 3. The van der Waals surface area contributed by atoms with Crippen molar-refractivity contribution in [3.8, 4) is 45.3 Å². The van der Waals surface area contributed by atoms with Crippen LogP contribution in [0.25, 0.3) is 98.2 Å². The molecule has 0 aliphatic heterocycles. The van der Waals surface area contributed by atoms with Crippen molar-refractivity contribution in [1.29, 1.82) is 0 Å². The molecule has 0 saturated carbocycles. The van der Waals surface area contributed by atoms with Gasteiger partial charge in [-0.05, 0) is 40.6 Å². The number of furan rings is 1. The lowest BCUT2D eigenvalue weighted by Crippen LogP contribution is -2.00. The van der Waals surface area contributed by atoms with E-state index in [1.807, 2.05) is 30.3 Å². The lowest BCUT2D eigenvalue weighted by Gasteiger charge is -2.11. The summed E-state index contributed by atoms with van der Waals surface area (Å²) in [6.07, 6.45) is 0. The van der Waals surface area contributed by atoms with Gasteiger partial charge >= 0.3 is 0 Å². The Balaban J connectivity index is 1.16. The molecule has 0 saturated heterocycles. The summed E-state index contributed by atoms with van der Waals surface area (Å²) in [7, 11) is 0. The fourth-order valence-electron chi connectivity index (χ4n) is 6.92. The fraction of sp³-hybridized carbons (Fsp3) is 0. The second-order valence-electron chi connectivity index (χ2n) is 12.0. The maximum Gasteiger partial charge on any atom is 0.164 e. The normalized spacial score (nSPS) is 11.8. The van der Waals surface area contributed by atoms with Crippen LogP contribution in [0, 0.1) is 0 Å². The van der Waals surface area contributed by atoms with Crippen molar-refractivity contribution in [2.45, 2.75) is 0 Å². The van der Waals surface area contributed by atoms with Gasteiger partial charge in [-0.3, -0.25) is 0 Å². The van der Waals surface area contributed by atoms with Crippen LogP contribution in [0.3, 0.4) is 0 Å². The molecule has 4 nitrogen and oxygen atoms in total. The average Bonchev–Trinajstić information content (AvgIpc) is 3.73. The largest absolute Gasteiger partial charge is 0.455 e. The highest BCUT2D eigenvalue weighted by atomic mass is 32.1. The summed E-state index contributed by atoms with van der Waals surface area (Å²) in [5, 5.41) is 6.89. The van der Waals surface area contributed by atoms with E-state index in [9.17, 15) is 0 Å². The minimum atomic E-state index is 0.641. The molecule has 0 fully saturated rings. The van der Waals surface area contributed by atoms with Crippen LogP contribution >= 0.6 is 11.3 Å². The van der Waals surface area contributed by atoms with Gasteiger partial charge in [0.05, 0.1) is 0 Å². The number of para-hydroxylation sites is 2. The minimum absolute atomic E-state index is 0.641. The SMILES string of the molecule is c1ccc(-c2nc(-c3ccc4c(-c5cccc6c5oc5ccccc56)cccc4c3)nc(-c3cccc4sc5ccccc5c34)n2)cc1. The molecule has 0 aliphatic carbocycles. The van der Waals surface area contributed by atoms with E-state index in [1.165, 1.54) is 20.2 Å². The van der Waals surface area contributed by atoms with Crippen molar-refractivity contribution in [3.63, 3.8) is 0 Å². The van der Waals surface area contributed by atoms with Gasteiger partial charge < -0.3 is 4.42 Å². The third-order valence-corrected chi connectivity index (χ3v) is 10.3. The highest BCUT2D eigenvalue weighted by Gasteiger charge is 2.18. The van der Waals surface area contributed by atoms with Crippen molar-refractivity contribution in [1.82, 2.24) is 15.0 Å². The Bertz CT molecular complexity index is 2850. The quantitative estimate of drug-likeness (QED) is 0.194. The van der Waals surface area contributed by atoms with Gasteiger partial charge in [0.2, 0.25) is 0 Å². The van der Waals surface area contributed by atoms with Crippen molar-refractivity contribution in [2.24, 2.45) is 0 Å². The van der Waals surface area contributed by atoms with Gasteiger partial charge in [-0.2, -0.15) is 0 Å². The summed E-state index contributed by atoms with van der Waals surface area (Å²) in [4.78, 5) is 15.3. The van der Waals surface area contributed by atoms with Crippen LogP contribution in [0.5, 0.6) is 0 Å². The highest BCUT2D eigenvalue weighted by molar-refractivity contribution is 7.25. The standard InChI is InChI=1S/C43H25N3OS/c1-2-11-26(12-3-1)41-44-42(46-43(45-41)35-19-10-22-38-39(35)34-15-5-7-21-37(34)48-38)28-23-24-29-27(25-28)13-8-16-30(29)32-17-9-18-33-31-14-4-6-20-36(31)47-40(32)33/h1-25H. The molecule has 0 N–H and O–H groups in total. The van der Waals surface area contributed by atoms with Gasteiger partial charge in [0, 0.05) is 53.2 Å². The maximum absolute atomic E-state index is 6.42.